The van der Waals surface area contributed by atoms with E-state index in [2.05, 4.69) is 11.4 Å². The average Bonchev–Trinajstić information content (AvgIpc) is 2.35. The molecule has 0 heterocycles. The molecule has 0 aliphatic heterocycles. The summed E-state index contributed by atoms with van der Waals surface area (Å²) in [7, 11) is 1.76. The molecule has 0 amide bonds. The lowest BCUT2D eigenvalue weighted by molar-refractivity contribution is 0.505. The minimum atomic E-state index is -0.936. The van der Waals surface area contributed by atoms with E-state index in [1.54, 1.807) is 7.05 Å². The first-order valence-corrected chi connectivity index (χ1v) is 6.70. The summed E-state index contributed by atoms with van der Waals surface area (Å²) in [4.78, 5) is 0. The molecule has 2 aromatic carbocycles. The van der Waals surface area contributed by atoms with Crippen LogP contribution in [0.2, 0.25) is 5.02 Å². The number of halogens is 3. The van der Waals surface area contributed by atoms with Gasteiger partial charge >= 0.3 is 0 Å². The zero-order valence-electron chi connectivity index (χ0n) is 11.6. The van der Waals surface area contributed by atoms with Crippen LogP contribution in [0.25, 0.3) is 0 Å². The molecule has 1 N–H and O–H groups in total. The van der Waals surface area contributed by atoms with Crippen molar-refractivity contribution in [2.75, 3.05) is 7.05 Å². The second-order valence-corrected chi connectivity index (χ2v) is 5.34. The van der Waals surface area contributed by atoms with Gasteiger partial charge in [0.2, 0.25) is 0 Å². The van der Waals surface area contributed by atoms with Crippen LogP contribution in [0.3, 0.4) is 0 Å². The SMILES string of the molecule is CNC(c1cc(C)cc(C)c1)c1cc(F)c(F)cc1Cl. The Morgan fingerprint density at radius 1 is 0.950 bits per heavy atom. The van der Waals surface area contributed by atoms with Crippen LogP contribution in [0.4, 0.5) is 8.78 Å². The van der Waals surface area contributed by atoms with Gasteiger partial charge in [0, 0.05) is 5.02 Å². The first kappa shape index (κ1) is 14.9. The predicted octanol–water partition coefficient (Wildman–Crippen LogP) is 4.54. The summed E-state index contributed by atoms with van der Waals surface area (Å²) in [6, 6.07) is 7.95. The Morgan fingerprint density at radius 2 is 1.50 bits per heavy atom. The summed E-state index contributed by atoms with van der Waals surface area (Å²) >= 11 is 6.06. The van der Waals surface area contributed by atoms with Crippen molar-refractivity contribution in [3.63, 3.8) is 0 Å². The van der Waals surface area contributed by atoms with Gasteiger partial charge in [-0.2, -0.15) is 0 Å². The van der Waals surface area contributed by atoms with Crippen molar-refractivity contribution in [2.24, 2.45) is 0 Å². The number of nitrogens with one attached hydrogen (secondary N) is 1. The molecule has 1 unspecified atom stereocenters. The van der Waals surface area contributed by atoms with Gasteiger partial charge in [0.15, 0.2) is 11.6 Å². The highest BCUT2D eigenvalue weighted by atomic mass is 35.5. The fourth-order valence-electron chi connectivity index (χ4n) is 2.44. The van der Waals surface area contributed by atoms with Gasteiger partial charge in [-0.25, -0.2) is 8.78 Å². The third-order valence-corrected chi connectivity index (χ3v) is 3.54. The number of rotatable bonds is 3. The molecule has 20 heavy (non-hydrogen) atoms. The Kier molecular flexibility index (Phi) is 4.41. The van der Waals surface area contributed by atoms with E-state index in [4.69, 9.17) is 11.6 Å². The van der Waals surface area contributed by atoms with Gasteiger partial charge in [0.1, 0.15) is 0 Å². The van der Waals surface area contributed by atoms with Crippen LogP contribution in [-0.4, -0.2) is 7.05 Å². The summed E-state index contributed by atoms with van der Waals surface area (Å²) in [5, 5.41) is 3.31. The summed E-state index contributed by atoms with van der Waals surface area (Å²) in [6.45, 7) is 3.99. The summed E-state index contributed by atoms with van der Waals surface area (Å²) in [5.74, 6) is -1.83. The Hall–Kier alpha value is -1.45. The average molecular weight is 296 g/mol. The quantitative estimate of drug-likeness (QED) is 0.820. The van der Waals surface area contributed by atoms with Gasteiger partial charge in [0.05, 0.1) is 6.04 Å². The second-order valence-electron chi connectivity index (χ2n) is 4.93. The smallest absolute Gasteiger partial charge is 0.160 e. The molecular formula is C16H16ClF2N. The van der Waals surface area contributed by atoms with Crippen molar-refractivity contribution in [1.29, 1.82) is 0 Å². The van der Waals surface area contributed by atoms with E-state index in [1.807, 2.05) is 26.0 Å². The second kappa shape index (κ2) is 5.90. The maximum absolute atomic E-state index is 13.5. The van der Waals surface area contributed by atoms with Crippen LogP contribution in [-0.2, 0) is 0 Å². The minimum absolute atomic E-state index is 0.211. The van der Waals surface area contributed by atoms with Gasteiger partial charge in [-0.1, -0.05) is 40.9 Å². The van der Waals surface area contributed by atoms with Crippen LogP contribution in [0.1, 0.15) is 28.3 Å². The lowest BCUT2D eigenvalue weighted by atomic mass is 9.95. The largest absolute Gasteiger partial charge is 0.309 e. The lowest BCUT2D eigenvalue weighted by Gasteiger charge is -2.20. The van der Waals surface area contributed by atoms with Crippen molar-refractivity contribution in [3.05, 3.63) is 69.2 Å². The fraction of sp³-hybridized carbons (Fsp3) is 0.250. The number of aryl methyl sites for hydroxylation is 2. The van der Waals surface area contributed by atoms with E-state index in [-0.39, 0.29) is 11.1 Å². The molecule has 0 aliphatic carbocycles. The molecule has 0 saturated carbocycles. The zero-order valence-corrected chi connectivity index (χ0v) is 12.4. The van der Waals surface area contributed by atoms with Crippen LogP contribution in [0.15, 0.2) is 30.3 Å². The van der Waals surface area contributed by atoms with Crippen LogP contribution >= 0.6 is 11.6 Å². The molecule has 2 aromatic rings. The van der Waals surface area contributed by atoms with Crippen LogP contribution < -0.4 is 5.32 Å². The standard InChI is InChI=1S/C16H16ClF2N/c1-9-4-10(2)6-11(5-9)16(20-3)12-7-14(18)15(19)8-13(12)17/h4-8,16,20H,1-3H3. The third-order valence-electron chi connectivity index (χ3n) is 3.22. The van der Waals surface area contributed by atoms with Crippen molar-refractivity contribution in [1.82, 2.24) is 5.32 Å². The summed E-state index contributed by atoms with van der Waals surface area (Å²) < 4.78 is 26.6. The molecule has 0 saturated heterocycles. The van der Waals surface area contributed by atoms with E-state index >= 15 is 0 Å². The number of benzene rings is 2. The maximum Gasteiger partial charge on any atom is 0.160 e. The van der Waals surface area contributed by atoms with Gasteiger partial charge in [-0.05, 0) is 44.2 Å². The molecular weight excluding hydrogens is 280 g/mol. The van der Waals surface area contributed by atoms with E-state index in [9.17, 15) is 8.78 Å². The van der Waals surface area contributed by atoms with Gasteiger partial charge < -0.3 is 5.32 Å². The van der Waals surface area contributed by atoms with Crippen molar-refractivity contribution >= 4 is 11.6 Å². The van der Waals surface area contributed by atoms with E-state index in [0.717, 1.165) is 28.8 Å². The molecule has 0 bridgehead atoms. The Balaban J connectivity index is 2.55. The van der Waals surface area contributed by atoms with E-state index < -0.39 is 11.6 Å². The highest BCUT2D eigenvalue weighted by Gasteiger charge is 2.18. The molecule has 0 aromatic heterocycles. The molecule has 2 rings (SSSR count). The van der Waals surface area contributed by atoms with Gasteiger partial charge in [0.25, 0.3) is 0 Å². The third kappa shape index (κ3) is 3.00. The first-order valence-electron chi connectivity index (χ1n) is 6.32. The van der Waals surface area contributed by atoms with Crippen molar-refractivity contribution in [3.8, 4) is 0 Å². The Bertz CT molecular complexity index is 620. The van der Waals surface area contributed by atoms with E-state index in [1.165, 1.54) is 0 Å². The van der Waals surface area contributed by atoms with Crippen molar-refractivity contribution in [2.45, 2.75) is 19.9 Å². The highest BCUT2D eigenvalue weighted by Crippen LogP contribution is 2.30. The fourth-order valence-corrected chi connectivity index (χ4v) is 2.70. The number of hydrogen-bond acceptors (Lipinski definition) is 1. The summed E-state index contributed by atoms with van der Waals surface area (Å²) in [5.41, 5.74) is 3.72. The molecule has 0 aliphatic rings. The molecule has 0 spiro atoms. The van der Waals surface area contributed by atoms with Crippen molar-refractivity contribution < 1.29 is 8.78 Å². The molecule has 4 heteroatoms. The molecule has 1 nitrogen and oxygen atoms in total. The van der Waals surface area contributed by atoms with Gasteiger partial charge in [-0.3, -0.25) is 0 Å². The Labute approximate surface area is 122 Å². The molecule has 1 atom stereocenters. The highest BCUT2D eigenvalue weighted by molar-refractivity contribution is 6.31. The van der Waals surface area contributed by atoms with Crippen LogP contribution in [0, 0.1) is 25.5 Å². The molecule has 0 radical (unpaired) electrons. The maximum atomic E-state index is 13.5. The monoisotopic (exact) mass is 295 g/mol. The normalized spacial score (nSPS) is 12.5. The van der Waals surface area contributed by atoms with Gasteiger partial charge in [-0.15, -0.1) is 0 Å². The molecule has 106 valence electrons. The zero-order chi connectivity index (χ0) is 14.9. The minimum Gasteiger partial charge on any atom is -0.309 e. The van der Waals surface area contributed by atoms with Crippen LogP contribution in [0.5, 0.6) is 0 Å². The predicted molar refractivity (Wildman–Crippen MR) is 78.2 cm³/mol. The summed E-state index contributed by atoms with van der Waals surface area (Å²) in [6.07, 6.45) is 0. The first-order chi connectivity index (χ1) is 9.42. The topological polar surface area (TPSA) is 12.0 Å². The molecule has 0 fully saturated rings. The Morgan fingerprint density at radius 3 is 2.05 bits per heavy atom. The lowest BCUT2D eigenvalue weighted by Crippen LogP contribution is -2.19. The number of hydrogen-bond donors (Lipinski definition) is 1. The van der Waals surface area contributed by atoms with E-state index in [0.29, 0.717) is 5.56 Å².